The summed E-state index contributed by atoms with van der Waals surface area (Å²) in [5.74, 6) is -1.73. The fourth-order valence-electron chi connectivity index (χ4n) is 4.39. The SMILES string of the molecule is Cc1[nH]c2ccccc2c1C1/C(=C(\O)c2ccc(Cl)cc2)C(=O)C(=O)N1c1ccc(Cl)cc1. The summed E-state index contributed by atoms with van der Waals surface area (Å²) in [7, 11) is 0. The van der Waals surface area contributed by atoms with E-state index in [-0.39, 0.29) is 11.3 Å². The second-order valence-corrected chi connectivity index (χ2v) is 8.73. The normalized spacial score (nSPS) is 17.8. The summed E-state index contributed by atoms with van der Waals surface area (Å²) in [5.41, 5.74) is 3.34. The Hall–Kier alpha value is -3.54. The lowest BCUT2D eigenvalue weighted by Crippen LogP contribution is -2.29. The molecule has 7 heteroatoms. The Morgan fingerprint density at radius 1 is 0.909 bits per heavy atom. The van der Waals surface area contributed by atoms with Crippen molar-refractivity contribution in [1.82, 2.24) is 4.98 Å². The lowest BCUT2D eigenvalue weighted by Gasteiger charge is -2.26. The number of ketones is 1. The van der Waals surface area contributed by atoms with Crippen molar-refractivity contribution in [2.75, 3.05) is 4.90 Å². The van der Waals surface area contributed by atoms with Crippen LogP contribution in [-0.2, 0) is 9.59 Å². The summed E-state index contributed by atoms with van der Waals surface area (Å²) < 4.78 is 0. The highest BCUT2D eigenvalue weighted by Crippen LogP contribution is 2.45. The zero-order valence-electron chi connectivity index (χ0n) is 17.5. The number of aliphatic hydroxyl groups excluding tert-OH is 1. The first-order valence-electron chi connectivity index (χ1n) is 10.3. The Kier molecular flexibility index (Phi) is 5.23. The number of aromatic nitrogens is 1. The number of Topliss-reactive ketones (excluding diaryl/α,β-unsaturated/α-hetero) is 1. The number of aromatic amines is 1. The van der Waals surface area contributed by atoms with Crippen LogP contribution in [0, 0.1) is 6.92 Å². The van der Waals surface area contributed by atoms with Crippen LogP contribution >= 0.6 is 23.2 Å². The van der Waals surface area contributed by atoms with Gasteiger partial charge in [-0.2, -0.15) is 0 Å². The average molecular weight is 477 g/mol. The first-order chi connectivity index (χ1) is 15.9. The van der Waals surface area contributed by atoms with E-state index >= 15 is 0 Å². The summed E-state index contributed by atoms with van der Waals surface area (Å²) in [6.07, 6.45) is 0. The smallest absolute Gasteiger partial charge is 0.300 e. The largest absolute Gasteiger partial charge is 0.507 e. The number of benzene rings is 3. The summed E-state index contributed by atoms with van der Waals surface area (Å²) in [4.78, 5) is 31.4. The summed E-state index contributed by atoms with van der Waals surface area (Å²) in [6, 6.07) is 20.0. The second kappa shape index (κ2) is 8.10. The Labute approximate surface area is 199 Å². The van der Waals surface area contributed by atoms with Crippen molar-refractivity contribution >= 4 is 57.2 Å². The standard InChI is InChI=1S/C26H18Cl2N2O3/c1-14-21(19-4-2-3-5-20(19)29-14)23-22(24(31)15-6-8-16(27)9-7-15)25(32)26(33)30(23)18-12-10-17(28)11-13-18/h2-13,23,29,31H,1H3/b24-22+. The first kappa shape index (κ1) is 21.3. The third kappa shape index (κ3) is 3.50. The van der Waals surface area contributed by atoms with Crippen molar-refractivity contribution in [2.45, 2.75) is 13.0 Å². The van der Waals surface area contributed by atoms with Gasteiger partial charge in [-0.05, 0) is 61.5 Å². The third-order valence-electron chi connectivity index (χ3n) is 5.88. The maximum atomic E-state index is 13.3. The first-order valence-corrected chi connectivity index (χ1v) is 11.0. The molecule has 0 spiro atoms. The maximum absolute atomic E-state index is 13.3. The molecule has 2 heterocycles. The highest BCUT2D eigenvalue weighted by atomic mass is 35.5. The molecule has 0 aliphatic carbocycles. The van der Waals surface area contributed by atoms with Gasteiger partial charge in [0, 0.05) is 43.5 Å². The minimum atomic E-state index is -0.835. The number of carbonyl (C=O) groups is 2. The Balaban J connectivity index is 1.81. The number of halogens is 2. The van der Waals surface area contributed by atoms with E-state index in [0.29, 0.717) is 21.3 Å². The number of para-hydroxylation sites is 1. The van der Waals surface area contributed by atoms with Gasteiger partial charge in [-0.1, -0.05) is 41.4 Å². The van der Waals surface area contributed by atoms with Gasteiger partial charge in [0.05, 0.1) is 11.6 Å². The molecule has 0 bridgehead atoms. The summed E-state index contributed by atoms with van der Waals surface area (Å²) in [5, 5.41) is 13.1. The molecule has 33 heavy (non-hydrogen) atoms. The molecular formula is C26H18Cl2N2O3. The van der Waals surface area contributed by atoms with Crippen molar-refractivity contribution in [3.05, 3.63) is 105 Å². The zero-order chi connectivity index (χ0) is 23.3. The van der Waals surface area contributed by atoms with Crippen molar-refractivity contribution in [2.24, 2.45) is 0 Å². The molecule has 1 aliphatic heterocycles. The Morgan fingerprint density at radius 2 is 1.52 bits per heavy atom. The van der Waals surface area contributed by atoms with Gasteiger partial charge in [0.2, 0.25) is 0 Å². The molecule has 2 N–H and O–H groups in total. The number of nitrogens with one attached hydrogen (secondary N) is 1. The van der Waals surface area contributed by atoms with Gasteiger partial charge in [-0.25, -0.2) is 0 Å². The third-order valence-corrected chi connectivity index (χ3v) is 6.39. The van der Waals surface area contributed by atoms with Crippen LogP contribution in [0.5, 0.6) is 0 Å². The van der Waals surface area contributed by atoms with Crippen LogP contribution < -0.4 is 4.90 Å². The monoisotopic (exact) mass is 476 g/mol. The molecule has 5 rings (SSSR count). The highest BCUT2D eigenvalue weighted by Gasteiger charge is 2.48. The van der Waals surface area contributed by atoms with E-state index in [1.165, 1.54) is 4.90 Å². The molecule has 1 aliphatic rings. The fraction of sp³-hybridized carbons (Fsp3) is 0.0769. The van der Waals surface area contributed by atoms with Gasteiger partial charge in [0.25, 0.3) is 11.7 Å². The maximum Gasteiger partial charge on any atom is 0.300 e. The highest BCUT2D eigenvalue weighted by molar-refractivity contribution is 6.52. The minimum absolute atomic E-state index is 0.0186. The van der Waals surface area contributed by atoms with Crippen molar-refractivity contribution in [1.29, 1.82) is 0 Å². The number of rotatable bonds is 3. The Bertz CT molecular complexity index is 1440. The van der Waals surface area contributed by atoms with E-state index in [1.54, 1.807) is 48.5 Å². The van der Waals surface area contributed by atoms with Crippen LogP contribution in [0.3, 0.4) is 0 Å². The van der Waals surface area contributed by atoms with Crippen molar-refractivity contribution < 1.29 is 14.7 Å². The van der Waals surface area contributed by atoms with E-state index in [1.807, 2.05) is 31.2 Å². The quantitative estimate of drug-likeness (QED) is 0.204. The molecule has 1 aromatic heterocycles. The molecule has 1 amide bonds. The number of hydrogen-bond donors (Lipinski definition) is 2. The van der Waals surface area contributed by atoms with Gasteiger partial charge >= 0.3 is 0 Å². The van der Waals surface area contributed by atoms with Crippen LogP contribution in [-0.4, -0.2) is 21.8 Å². The van der Waals surface area contributed by atoms with Crippen molar-refractivity contribution in [3.63, 3.8) is 0 Å². The molecule has 1 atom stereocenters. The van der Waals surface area contributed by atoms with Crippen LogP contribution in [0.4, 0.5) is 5.69 Å². The number of aryl methyl sites for hydroxylation is 1. The number of anilines is 1. The predicted octanol–water partition coefficient (Wildman–Crippen LogP) is 6.41. The van der Waals surface area contributed by atoms with E-state index in [4.69, 9.17) is 23.2 Å². The van der Waals surface area contributed by atoms with E-state index in [2.05, 4.69) is 4.98 Å². The van der Waals surface area contributed by atoms with Crippen LogP contribution in [0.2, 0.25) is 10.0 Å². The second-order valence-electron chi connectivity index (χ2n) is 7.86. The molecule has 3 aromatic carbocycles. The Morgan fingerprint density at radius 3 is 2.18 bits per heavy atom. The van der Waals surface area contributed by atoms with Gasteiger partial charge < -0.3 is 10.1 Å². The number of H-pyrrole nitrogens is 1. The summed E-state index contributed by atoms with van der Waals surface area (Å²) >= 11 is 12.1. The number of hydrogen-bond acceptors (Lipinski definition) is 3. The molecule has 0 radical (unpaired) electrons. The van der Waals surface area contributed by atoms with Gasteiger partial charge in [0.15, 0.2) is 0 Å². The van der Waals surface area contributed by atoms with Crippen LogP contribution in [0.15, 0.2) is 78.4 Å². The minimum Gasteiger partial charge on any atom is -0.507 e. The van der Waals surface area contributed by atoms with Crippen molar-refractivity contribution in [3.8, 4) is 0 Å². The van der Waals surface area contributed by atoms with Gasteiger partial charge in [-0.15, -0.1) is 0 Å². The van der Waals surface area contributed by atoms with E-state index in [9.17, 15) is 14.7 Å². The van der Waals surface area contributed by atoms with Crippen LogP contribution in [0.1, 0.15) is 22.9 Å². The molecule has 4 aromatic rings. The molecule has 164 valence electrons. The fourth-order valence-corrected chi connectivity index (χ4v) is 4.64. The number of nitrogens with zero attached hydrogens (tertiary/aromatic N) is 1. The predicted molar refractivity (Wildman–Crippen MR) is 131 cm³/mol. The molecular weight excluding hydrogens is 459 g/mol. The zero-order valence-corrected chi connectivity index (χ0v) is 19.0. The number of fused-ring (bicyclic) bond motifs is 1. The van der Waals surface area contributed by atoms with E-state index in [0.717, 1.165) is 22.2 Å². The lowest BCUT2D eigenvalue weighted by molar-refractivity contribution is -0.132. The van der Waals surface area contributed by atoms with Gasteiger partial charge in [-0.3, -0.25) is 14.5 Å². The van der Waals surface area contributed by atoms with Gasteiger partial charge in [0.1, 0.15) is 5.76 Å². The number of aliphatic hydroxyl groups is 1. The molecule has 1 fully saturated rings. The molecule has 0 saturated carbocycles. The summed E-state index contributed by atoms with van der Waals surface area (Å²) in [6.45, 7) is 1.89. The average Bonchev–Trinajstić information content (AvgIpc) is 3.27. The molecule has 1 saturated heterocycles. The van der Waals surface area contributed by atoms with E-state index < -0.39 is 17.7 Å². The topological polar surface area (TPSA) is 73.4 Å². The lowest BCUT2D eigenvalue weighted by atomic mass is 9.93. The number of carbonyl (C=O) groups excluding carboxylic acids is 2. The number of amides is 1. The molecule has 5 nitrogen and oxygen atoms in total. The molecule has 1 unspecified atom stereocenters. The van der Waals surface area contributed by atoms with Crippen LogP contribution in [0.25, 0.3) is 16.7 Å².